The van der Waals surface area contributed by atoms with Gasteiger partial charge in [0, 0.05) is 11.7 Å². The topological polar surface area (TPSA) is 29.1 Å². The van der Waals surface area contributed by atoms with Crippen LogP contribution < -0.4 is 5.32 Å². The molecule has 2 heteroatoms. The van der Waals surface area contributed by atoms with Crippen molar-refractivity contribution in [1.82, 2.24) is 5.32 Å². The van der Waals surface area contributed by atoms with Crippen molar-refractivity contribution < 1.29 is 4.79 Å². The third-order valence-electron chi connectivity index (χ3n) is 2.44. The number of carbonyl (C=O) groups is 1. The van der Waals surface area contributed by atoms with Crippen LogP contribution in [-0.2, 0) is 4.79 Å². The third-order valence-corrected chi connectivity index (χ3v) is 2.44. The Hall–Kier alpha value is -0.790. The summed E-state index contributed by atoms with van der Waals surface area (Å²) in [6.07, 6.45) is 0. The van der Waals surface area contributed by atoms with E-state index in [2.05, 4.69) is 5.32 Å². The summed E-state index contributed by atoms with van der Waals surface area (Å²) in [5.41, 5.74) is 2.36. The second-order valence-corrected chi connectivity index (χ2v) is 3.33. The molecule has 1 aliphatic heterocycles. The highest BCUT2D eigenvalue weighted by atomic mass is 16.1. The van der Waals surface area contributed by atoms with E-state index in [9.17, 15) is 4.79 Å². The highest BCUT2D eigenvalue weighted by Crippen LogP contribution is 2.25. The summed E-state index contributed by atoms with van der Waals surface area (Å²) in [5, 5.41) is 3.26. The molecule has 2 unspecified atom stereocenters. The largest absolute Gasteiger partial charge is 0.385 e. The number of Topliss-reactive ketones (excluding diaryl/α,β-unsaturated/α-hetero) is 1. The van der Waals surface area contributed by atoms with Gasteiger partial charge < -0.3 is 5.32 Å². The molecule has 0 aromatic carbocycles. The van der Waals surface area contributed by atoms with Gasteiger partial charge in [-0.2, -0.15) is 0 Å². The fourth-order valence-corrected chi connectivity index (χ4v) is 1.80. The predicted molar refractivity (Wildman–Crippen MR) is 45.1 cm³/mol. The number of allylic oxidation sites excluding steroid dienone is 1. The Kier molecular flexibility index (Phi) is 2.03. The quantitative estimate of drug-likeness (QED) is 0.618. The molecule has 1 N–H and O–H groups in total. The van der Waals surface area contributed by atoms with E-state index < -0.39 is 0 Å². The molecule has 1 rings (SSSR count). The fraction of sp³-hybridized carbons (Fsp3) is 0.667. The minimum Gasteiger partial charge on any atom is -0.385 e. The van der Waals surface area contributed by atoms with E-state index >= 15 is 0 Å². The SMILES string of the molecule is CC(=O)C1C(C)=C(C)NC1C. The van der Waals surface area contributed by atoms with Gasteiger partial charge in [0.1, 0.15) is 5.78 Å². The van der Waals surface area contributed by atoms with Crippen molar-refractivity contribution in [2.75, 3.05) is 0 Å². The summed E-state index contributed by atoms with van der Waals surface area (Å²) < 4.78 is 0. The first-order chi connectivity index (χ1) is 5.04. The van der Waals surface area contributed by atoms with Gasteiger partial charge in [0.2, 0.25) is 0 Å². The van der Waals surface area contributed by atoms with E-state index in [1.165, 1.54) is 5.57 Å². The Labute approximate surface area is 67.7 Å². The minimum atomic E-state index is 0.106. The lowest BCUT2D eigenvalue weighted by Crippen LogP contribution is -2.28. The van der Waals surface area contributed by atoms with E-state index in [1.54, 1.807) is 6.92 Å². The Bertz CT molecular complexity index is 218. The lowest BCUT2D eigenvalue weighted by molar-refractivity contribution is -0.119. The summed E-state index contributed by atoms with van der Waals surface area (Å²) in [5.74, 6) is 0.370. The van der Waals surface area contributed by atoms with Crippen molar-refractivity contribution in [3.8, 4) is 0 Å². The number of hydrogen-bond donors (Lipinski definition) is 1. The molecule has 0 fully saturated rings. The van der Waals surface area contributed by atoms with Crippen LogP contribution in [0.5, 0.6) is 0 Å². The third kappa shape index (κ3) is 1.30. The molecule has 0 saturated heterocycles. The average Bonchev–Trinajstić information content (AvgIpc) is 2.07. The van der Waals surface area contributed by atoms with Crippen LogP contribution in [0.25, 0.3) is 0 Å². The Balaban J connectivity index is 2.88. The predicted octanol–water partition coefficient (Wildman–Crippen LogP) is 1.48. The first-order valence-corrected chi connectivity index (χ1v) is 3.98. The van der Waals surface area contributed by atoms with Crippen LogP contribution in [0.15, 0.2) is 11.3 Å². The van der Waals surface area contributed by atoms with Crippen LogP contribution >= 0.6 is 0 Å². The molecule has 2 atom stereocenters. The summed E-state index contributed by atoms with van der Waals surface area (Å²) in [6, 6.07) is 0.285. The minimum absolute atomic E-state index is 0.106. The summed E-state index contributed by atoms with van der Waals surface area (Å²) >= 11 is 0. The van der Waals surface area contributed by atoms with Crippen LogP contribution in [0.4, 0.5) is 0 Å². The molecule has 0 bridgehead atoms. The Morgan fingerprint density at radius 1 is 1.45 bits per heavy atom. The van der Waals surface area contributed by atoms with Crippen molar-refractivity contribution in [1.29, 1.82) is 0 Å². The molecular formula is C9H15NO. The maximum Gasteiger partial charge on any atom is 0.139 e. The average molecular weight is 153 g/mol. The highest BCUT2D eigenvalue weighted by molar-refractivity contribution is 5.82. The molecule has 0 aromatic heterocycles. The number of carbonyl (C=O) groups excluding carboxylic acids is 1. The van der Waals surface area contributed by atoms with E-state index in [0.29, 0.717) is 0 Å². The highest BCUT2D eigenvalue weighted by Gasteiger charge is 2.29. The molecule has 2 nitrogen and oxygen atoms in total. The summed E-state index contributed by atoms with van der Waals surface area (Å²) in [7, 11) is 0. The molecule has 0 aromatic rings. The number of ketones is 1. The van der Waals surface area contributed by atoms with Gasteiger partial charge in [0.15, 0.2) is 0 Å². The number of nitrogens with one attached hydrogen (secondary N) is 1. The molecule has 62 valence electrons. The first kappa shape index (κ1) is 8.31. The smallest absolute Gasteiger partial charge is 0.139 e. The fourth-order valence-electron chi connectivity index (χ4n) is 1.80. The van der Waals surface area contributed by atoms with Gasteiger partial charge in [0.05, 0.1) is 5.92 Å². The first-order valence-electron chi connectivity index (χ1n) is 3.98. The zero-order valence-electron chi connectivity index (χ0n) is 7.56. The zero-order valence-corrected chi connectivity index (χ0v) is 7.56. The molecule has 0 aliphatic carbocycles. The summed E-state index contributed by atoms with van der Waals surface area (Å²) in [4.78, 5) is 11.1. The maximum absolute atomic E-state index is 11.1. The zero-order chi connectivity index (χ0) is 8.59. The van der Waals surface area contributed by atoms with Crippen LogP contribution in [0.1, 0.15) is 27.7 Å². The molecule has 1 aliphatic rings. The van der Waals surface area contributed by atoms with Gasteiger partial charge in [-0.15, -0.1) is 0 Å². The van der Waals surface area contributed by atoms with Crippen LogP contribution in [0, 0.1) is 5.92 Å². The lowest BCUT2D eigenvalue weighted by Gasteiger charge is -2.13. The number of hydrogen-bond acceptors (Lipinski definition) is 2. The molecule has 0 radical (unpaired) electrons. The molecule has 0 spiro atoms. The van der Waals surface area contributed by atoms with E-state index in [0.717, 1.165) is 5.70 Å². The van der Waals surface area contributed by atoms with Gasteiger partial charge in [-0.1, -0.05) is 0 Å². The van der Waals surface area contributed by atoms with E-state index in [1.807, 2.05) is 20.8 Å². The standard InChI is InChI=1S/C9H15NO/c1-5-6(2)10-7(3)9(5)8(4)11/h7,9-10H,1-4H3. The van der Waals surface area contributed by atoms with E-state index in [-0.39, 0.29) is 17.7 Å². The van der Waals surface area contributed by atoms with Crippen molar-refractivity contribution in [2.45, 2.75) is 33.7 Å². The van der Waals surface area contributed by atoms with Crippen LogP contribution in [0.3, 0.4) is 0 Å². The number of rotatable bonds is 1. The Morgan fingerprint density at radius 2 is 2.00 bits per heavy atom. The maximum atomic E-state index is 11.1. The van der Waals surface area contributed by atoms with Gasteiger partial charge in [-0.3, -0.25) is 4.79 Å². The van der Waals surface area contributed by atoms with Crippen LogP contribution in [0.2, 0.25) is 0 Å². The second-order valence-electron chi connectivity index (χ2n) is 3.33. The summed E-state index contributed by atoms with van der Waals surface area (Å²) in [6.45, 7) is 7.75. The van der Waals surface area contributed by atoms with Gasteiger partial charge in [-0.25, -0.2) is 0 Å². The Morgan fingerprint density at radius 3 is 2.18 bits per heavy atom. The van der Waals surface area contributed by atoms with E-state index in [4.69, 9.17) is 0 Å². The normalized spacial score (nSPS) is 30.5. The molecule has 11 heavy (non-hydrogen) atoms. The second kappa shape index (κ2) is 2.68. The van der Waals surface area contributed by atoms with Gasteiger partial charge in [0.25, 0.3) is 0 Å². The molecule has 0 saturated carbocycles. The van der Waals surface area contributed by atoms with Crippen LogP contribution in [-0.4, -0.2) is 11.8 Å². The molecule has 1 heterocycles. The van der Waals surface area contributed by atoms with Crippen molar-refractivity contribution >= 4 is 5.78 Å². The van der Waals surface area contributed by atoms with Crippen molar-refractivity contribution in [3.63, 3.8) is 0 Å². The molecular weight excluding hydrogens is 138 g/mol. The van der Waals surface area contributed by atoms with Gasteiger partial charge >= 0.3 is 0 Å². The van der Waals surface area contributed by atoms with Gasteiger partial charge in [-0.05, 0) is 33.3 Å². The van der Waals surface area contributed by atoms with Crippen molar-refractivity contribution in [2.24, 2.45) is 5.92 Å². The monoisotopic (exact) mass is 153 g/mol. The van der Waals surface area contributed by atoms with Crippen molar-refractivity contribution in [3.05, 3.63) is 11.3 Å². The lowest BCUT2D eigenvalue weighted by atomic mass is 9.93. The molecule has 0 amide bonds.